The minimum absolute atomic E-state index is 0.0905. The fourth-order valence-electron chi connectivity index (χ4n) is 4.38. The van der Waals surface area contributed by atoms with Gasteiger partial charge in [0, 0.05) is 37.3 Å². The second kappa shape index (κ2) is 8.58. The number of hydrogen-bond acceptors (Lipinski definition) is 4. The number of allylic oxidation sites excluding steroid dienone is 3. The van der Waals surface area contributed by atoms with Crippen molar-refractivity contribution in [3.8, 4) is 11.5 Å². The van der Waals surface area contributed by atoms with Crippen molar-refractivity contribution in [2.75, 3.05) is 33.2 Å². The highest BCUT2D eigenvalue weighted by atomic mass is 79.9. The Balaban J connectivity index is 1.56. The van der Waals surface area contributed by atoms with Crippen molar-refractivity contribution in [2.45, 2.75) is 18.6 Å². The molecule has 0 aromatic heterocycles. The summed E-state index contributed by atoms with van der Waals surface area (Å²) in [6, 6.07) is 11.6. The summed E-state index contributed by atoms with van der Waals surface area (Å²) in [6.45, 7) is 3.03. The normalized spacial score (nSPS) is 22.7. The summed E-state index contributed by atoms with van der Waals surface area (Å²) in [5.41, 5.74) is 2.32. The van der Waals surface area contributed by atoms with Gasteiger partial charge >= 0.3 is 5.79 Å². The highest BCUT2D eigenvalue weighted by Crippen LogP contribution is 2.55. The molecular formula is C25H24BrClN2O3. The molecule has 3 aliphatic rings. The summed E-state index contributed by atoms with van der Waals surface area (Å²) in [5.74, 6) is -0.287. The van der Waals surface area contributed by atoms with E-state index in [0.29, 0.717) is 34.6 Å². The van der Waals surface area contributed by atoms with E-state index in [2.05, 4.69) is 34.0 Å². The molecule has 1 atom stereocenters. The number of benzene rings is 2. The van der Waals surface area contributed by atoms with Crippen molar-refractivity contribution in [3.63, 3.8) is 0 Å². The molecule has 2 aliphatic heterocycles. The van der Waals surface area contributed by atoms with E-state index >= 15 is 0 Å². The van der Waals surface area contributed by atoms with Crippen LogP contribution in [0.15, 0.2) is 64.7 Å². The maximum absolute atomic E-state index is 13.3. The first-order valence-electron chi connectivity index (χ1n) is 10.8. The first kappa shape index (κ1) is 21.6. The molecular weight excluding hydrogens is 492 g/mol. The fourth-order valence-corrected chi connectivity index (χ4v) is 5.13. The number of likely N-dealkylation sites (N-methyl/N-ethyl adjacent to an activating group) is 1. The highest BCUT2D eigenvalue weighted by molar-refractivity contribution is 9.10. The minimum atomic E-state index is -1.12. The Labute approximate surface area is 201 Å². The average Bonchev–Trinajstić information content (AvgIpc) is 3.26. The maximum Gasteiger partial charge on any atom is 0.301 e. The van der Waals surface area contributed by atoms with Gasteiger partial charge in [0.2, 0.25) is 0 Å². The summed E-state index contributed by atoms with van der Waals surface area (Å²) in [7, 11) is 2.06. The molecule has 2 aromatic carbocycles. The molecule has 1 fully saturated rings. The Morgan fingerprint density at radius 1 is 1.09 bits per heavy atom. The Morgan fingerprint density at radius 3 is 2.50 bits per heavy atom. The average molecular weight is 516 g/mol. The standard InChI is InChI=1S/C25H24BrClN2O3/c1-28-12-14-29(15-13-28)24(30)19-16-20(26)22-23(21(19)27)32-25(31-22,17-8-4-2-5-9-17)18-10-6-3-7-11-18/h2-6,8-10,16H,7,11-15H2,1H3. The van der Waals surface area contributed by atoms with Crippen molar-refractivity contribution < 1.29 is 14.3 Å². The van der Waals surface area contributed by atoms with Crippen molar-refractivity contribution in [3.05, 3.63) is 80.8 Å². The van der Waals surface area contributed by atoms with Crippen LogP contribution in [0.2, 0.25) is 5.02 Å². The molecule has 2 heterocycles. The lowest BCUT2D eigenvalue weighted by Gasteiger charge is -2.32. The lowest BCUT2D eigenvalue weighted by Crippen LogP contribution is -2.47. The molecule has 1 aliphatic carbocycles. The molecule has 0 bridgehead atoms. The lowest BCUT2D eigenvalue weighted by atomic mass is 9.91. The van der Waals surface area contributed by atoms with Crippen molar-refractivity contribution >= 4 is 33.4 Å². The summed E-state index contributed by atoms with van der Waals surface area (Å²) < 4.78 is 13.8. The van der Waals surface area contributed by atoms with Gasteiger partial charge in [-0.25, -0.2) is 0 Å². The Bertz CT molecular complexity index is 1110. The second-order valence-electron chi connectivity index (χ2n) is 8.32. The monoisotopic (exact) mass is 514 g/mol. The fraction of sp³-hybridized carbons (Fsp3) is 0.320. The molecule has 5 nitrogen and oxygen atoms in total. The predicted octanol–water partition coefficient (Wildman–Crippen LogP) is 5.39. The van der Waals surface area contributed by atoms with Gasteiger partial charge in [0.25, 0.3) is 5.91 Å². The van der Waals surface area contributed by atoms with Crippen LogP contribution < -0.4 is 9.47 Å². The van der Waals surface area contributed by atoms with Crippen molar-refractivity contribution in [1.82, 2.24) is 9.80 Å². The van der Waals surface area contributed by atoms with Gasteiger partial charge in [-0.3, -0.25) is 4.79 Å². The van der Waals surface area contributed by atoms with Gasteiger partial charge in [0.1, 0.15) is 0 Å². The number of rotatable bonds is 3. The van der Waals surface area contributed by atoms with Gasteiger partial charge in [-0.1, -0.05) is 60.2 Å². The van der Waals surface area contributed by atoms with E-state index in [-0.39, 0.29) is 10.9 Å². The first-order chi connectivity index (χ1) is 15.5. The van der Waals surface area contributed by atoms with Crippen LogP contribution in [0.3, 0.4) is 0 Å². The number of piperazine rings is 1. The van der Waals surface area contributed by atoms with Crippen LogP contribution in [0.4, 0.5) is 0 Å². The molecule has 32 heavy (non-hydrogen) atoms. The Hall–Kier alpha value is -2.28. The third kappa shape index (κ3) is 3.64. The summed E-state index contributed by atoms with van der Waals surface area (Å²) in [4.78, 5) is 17.3. The zero-order valence-electron chi connectivity index (χ0n) is 17.8. The zero-order chi connectivity index (χ0) is 22.3. The molecule has 7 heteroatoms. The smallest absolute Gasteiger partial charge is 0.301 e. The van der Waals surface area contributed by atoms with E-state index in [1.54, 1.807) is 6.07 Å². The molecule has 0 spiro atoms. The molecule has 2 aromatic rings. The van der Waals surface area contributed by atoms with E-state index in [1.807, 2.05) is 47.4 Å². The van der Waals surface area contributed by atoms with Crippen LogP contribution in [-0.2, 0) is 5.79 Å². The maximum atomic E-state index is 13.3. The highest BCUT2D eigenvalue weighted by Gasteiger charge is 2.49. The van der Waals surface area contributed by atoms with Crippen molar-refractivity contribution in [2.24, 2.45) is 0 Å². The number of carbonyl (C=O) groups is 1. The van der Waals surface area contributed by atoms with Gasteiger partial charge in [0.05, 0.1) is 15.1 Å². The lowest BCUT2D eigenvalue weighted by molar-refractivity contribution is -0.0530. The van der Waals surface area contributed by atoms with Crippen LogP contribution in [0.25, 0.3) is 0 Å². The molecule has 0 radical (unpaired) electrons. The third-order valence-electron chi connectivity index (χ3n) is 6.23. The molecule has 1 saturated heterocycles. The minimum Gasteiger partial charge on any atom is -0.439 e. The largest absolute Gasteiger partial charge is 0.439 e. The van der Waals surface area contributed by atoms with E-state index < -0.39 is 5.79 Å². The number of carbonyl (C=O) groups excluding carboxylic acids is 1. The summed E-state index contributed by atoms with van der Waals surface area (Å²) >= 11 is 10.4. The molecule has 1 unspecified atom stereocenters. The topological polar surface area (TPSA) is 42.0 Å². The second-order valence-corrected chi connectivity index (χ2v) is 9.55. The number of fused-ring (bicyclic) bond motifs is 1. The summed E-state index contributed by atoms with van der Waals surface area (Å²) in [5, 5.41) is 0.289. The van der Waals surface area contributed by atoms with Crippen LogP contribution >= 0.6 is 27.5 Å². The van der Waals surface area contributed by atoms with Gasteiger partial charge in [-0.05, 0) is 41.9 Å². The van der Waals surface area contributed by atoms with Gasteiger partial charge in [-0.2, -0.15) is 0 Å². The predicted molar refractivity (Wildman–Crippen MR) is 128 cm³/mol. The van der Waals surface area contributed by atoms with Crippen LogP contribution in [0.1, 0.15) is 28.8 Å². The van der Waals surface area contributed by atoms with Gasteiger partial charge < -0.3 is 19.3 Å². The van der Waals surface area contributed by atoms with Gasteiger partial charge in [0.15, 0.2) is 11.5 Å². The number of amides is 1. The zero-order valence-corrected chi connectivity index (χ0v) is 20.2. The molecule has 0 N–H and O–H groups in total. The first-order valence-corrected chi connectivity index (χ1v) is 12.0. The van der Waals surface area contributed by atoms with Crippen LogP contribution in [0.5, 0.6) is 11.5 Å². The molecule has 1 amide bonds. The van der Waals surface area contributed by atoms with Crippen LogP contribution in [0, 0.1) is 0 Å². The van der Waals surface area contributed by atoms with Crippen molar-refractivity contribution in [1.29, 1.82) is 0 Å². The third-order valence-corrected chi connectivity index (χ3v) is 7.20. The van der Waals surface area contributed by atoms with Gasteiger partial charge in [-0.15, -0.1) is 0 Å². The summed E-state index contributed by atoms with van der Waals surface area (Å²) in [6.07, 6.45) is 7.91. The Kier molecular flexibility index (Phi) is 5.78. The van der Waals surface area contributed by atoms with E-state index in [4.69, 9.17) is 21.1 Å². The van der Waals surface area contributed by atoms with E-state index in [1.165, 1.54) is 0 Å². The molecule has 5 rings (SSSR count). The number of nitrogens with zero attached hydrogens (tertiary/aromatic N) is 2. The number of ether oxygens (including phenoxy) is 2. The Morgan fingerprint density at radius 2 is 1.81 bits per heavy atom. The quantitative estimate of drug-likeness (QED) is 0.550. The molecule has 166 valence electrons. The molecule has 0 saturated carbocycles. The van der Waals surface area contributed by atoms with Crippen LogP contribution in [-0.4, -0.2) is 48.9 Å². The SMILES string of the molecule is CN1CCN(C(=O)c2cc(Br)c3c(c2Cl)OC(C2=CC=CCC2)(c2ccccc2)O3)CC1. The van der Waals surface area contributed by atoms with E-state index in [0.717, 1.165) is 37.1 Å². The number of halogens is 2. The number of hydrogen-bond donors (Lipinski definition) is 0. The van der Waals surface area contributed by atoms with E-state index in [9.17, 15) is 4.79 Å².